The second kappa shape index (κ2) is 23.8. The van der Waals surface area contributed by atoms with Gasteiger partial charge in [0, 0.05) is 29.9 Å². The summed E-state index contributed by atoms with van der Waals surface area (Å²) in [5, 5.41) is 19.1. The summed E-state index contributed by atoms with van der Waals surface area (Å²) in [7, 11) is 0. The summed E-state index contributed by atoms with van der Waals surface area (Å²) in [6, 6.07) is 5.70. The van der Waals surface area contributed by atoms with Gasteiger partial charge in [-0.15, -0.1) is 0 Å². The summed E-state index contributed by atoms with van der Waals surface area (Å²) in [5.74, 6) is -0.717. The molecule has 0 saturated heterocycles. The van der Waals surface area contributed by atoms with E-state index in [1.807, 2.05) is 32.9 Å². The molecule has 2 aromatic rings. The quantitative estimate of drug-likeness (QED) is 0.142. The van der Waals surface area contributed by atoms with Gasteiger partial charge in [0.15, 0.2) is 0 Å². The van der Waals surface area contributed by atoms with Crippen LogP contribution in [0.15, 0.2) is 60.8 Å². The largest absolute Gasteiger partial charge is 0.459 e. The van der Waals surface area contributed by atoms with Crippen molar-refractivity contribution < 1.29 is 23.0 Å². The maximum atomic E-state index is 12.8. The van der Waals surface area contributed by atoms with Crippen molar-refractivity contribution in [2.24, 2.45) is 0 Å². The van der Waals surface area contributed by atoms with Crippen molar-refractivity contribution >= 4 is 46.4 Å². The highest BCUT2D eigenvalue weighted by molar-refractivity contribution is 6.31. The SMILES string of the molecule is C=C/C=C\C.CC(=O)OCC(=N)c1ncc(C(C=N)=C(C)C)cc1Nc1cc(Cl)ccc1OC(F)F.CCC.CCC. The van der Waals surface area contributed by atoms with Crippen molar-refractivity contribution in [1.29, 1.82) is 10.8 Å². The second-order valence-corrected chi connectivity index (χ2v) is 9.19. The van der Waals surface area contributed by atoms with E-state index in [0.29, 0.717) is 11.1 Å². The Morgan fingerprint density at radius 3 is 2.14 bits per heavy atom. The highest BCUT2D eigenvalue weighted by Gasteiger charge is 2.17. The number of carbonyl (C=O) groups is 1. The molecule has 0 amide bonds. The Hall–Kier alpha value is -3.85. The zero-order valence-electron chi connectivity index (χ0n) is 25.9. The fourth-order valence-corrected chi connectivity index (χ4v) is 2.96. The highest BCUT2D eigenvalue weighted by atomic mass is 35.5. The van der Waals surface area contributed by atoms with Gasteiger partial charge in [0.1, 0.15) is 18.1 Å². The van der Waals surface area contributed by atoms with Crippen LogP contribution >= 0.6 is 11.6 Å². The first-order valence-corrected chi connectivity index (χ1v) is 13.9. The number of esters is 1. The first kappa shape index (κ1) is 40.3. The summed E-state index contributed by atoms with van der Waals surface area (Å²) >= 11 is 6.02. The number of benzene rings is 1. The van der Waals surface area contributed by atoms with Gasteiger partial charge in [-0.2, -0.15) is 8.78 Å². The Bertz CT molecular complexity index is 1190. The van der Waals surface area contributed by atoms with E-state index in [0.717, 1.165) is 5.57 Å². The van der Waals surface area contributed by atoms with Crippen molar-refractivity contribution in [2.75, 3.05) is 11.9 Å². The van der Waals surface area contributed by atoms with Gasteiger partial charge in [0.05, 0.1) is 17.1 Å². The third-order valence-electron chi connectivity index (χ3n) is 4.34. The van der Waals surface area contributed by atoms with Crippen molar-refractivity contribution in [1.82, 2.24) is 4.98 Å². The first-order valence-electron chi connectivity index (χ1n) is 13.5. The molecule has 7 nitrogen and oxygen atoms in total. The predicted molar refractivity (Wildman–Crippen MR) is 173 cm³/mol. The number of hydrogen-bond donors (Lipinski definition) is 3. The van der Waals surface area contributed by atoms with E-state index < -0.39 is 12.6 Å². The number of carbonyl (C=O) groups excluding carboxylic acids is 1. The molecule has 1 aromatic carbocycles. The molecule has 0 spiro atoms. The Balaban J connectivity index is 0. The molecule has 0 aliphatic rings. The van der Waals surface area contributed by atoms with E-state index in [4.69, 9.17) is 27.2 Å². The van der Waals surface area contributed by atoms with Crippen LogP contribution in [0.3, 0.4) is 0 Å². The predicted octanol–water partition coefficient (Wildman–Crippen LogP) is 10.0. The van der Waals surface area contributed by atoms with Crippen molar-refractivity contribution in [3.8, 4) is 5.75 Å². The van der Waals surface area contributed by atoms with Gasteiger partial charge < -0.3 is 20.2 Å². The average Bonchev–Trinajstić information content (AvgIpc) is 2.91. The topological polar surface area (TPSA) is 108 Å². The number of halogens is 3. The zero-order chi connectivity index (χ0) is 32.7. The molecular weight excluding hydrogens is 562 g/mol. The van der Waals surface area contributed by atoms with Crippen molar-refractivity contribution in [2.45, 2.75) is 74.8 Å². The number of allylic oxidation sites excluding steroid dienone is 5. The zero-order valence-corrected chi connectivity index (χ0v) is 26.7. The molecule has 42 heavy (non-hydrogen) atoms. The normalized spacial score (nSPS) is 9.62. The van der Waals surface area contributed by atoms with Crippen LogP contribution in [0.25, 0.3) is 5.57 Å². The van der Waals surface area contributed by atoms with Crippen molar-refractivity contribution in [3.63, 3.8) is 0 Å². The number of nitrogens with zero attached hydrogens (tertiary/aromatic N) is 1. The fraction of sp³-hybridized carbons (Fsp3) is 0.375. The number of alkyl halides is 2. The molecule has 1 heterocycles. The average molecular weight is 607 g/mol. The Morgan fingerprint density at radius 1 is 1.12 bits per heavy atom. The molecular formula is C32H45ClF2N4O3. The fourth-order valence-electron chi connectivity index (χ4n) is 2.79. The van der Waals surface area contributed by atoms with Gasteiger partial charge in [0.25, 0.3) is 0 Å². The second-order valence-electron chi connectivity index (χ2n) is 8.76. The highest BCUT2D eigenvalue weighted by Crippen LogP contribution is 2.34. The van der Waals surface area contributed by atoms with Crippen LogP contribution in [0.2, 0.25) is 5.02 Å². The van der Waals surface area contributed by atoms with Gasteiger partial charge in [-0.1, -0.05) is 82.5 Å². The summed E-state index contributed by atoms with van der Waals surface area (Å²) < 4.78 is 35.1. The van der Waals surface area contributed by atoms with Crippen molar-refractivity contribution in [3.05, 3.63) is 77.1 Å². The number of pyridine rings is 1. The number of nitrogens with one attached hydrogen (secondary N) is 3. The lowest BCUT2D eigenvalue weighted by atomic mass is 10.0. The van der Waals surface area contributed by atoms with Crippen LogP contribution in [0.1, 0.15) is 79.5 Å². The van der Waals surface area contributed by atoms with E-state index in [1.54, 1.807) is 12.1 Å². The standard InChI is InChI=1S/C21H21ClF2N4O3.C5H8.2C3H8/c1-11(2)15(8-25)13-6-18(20(27-9-13)16(26)10-30-12(3)29)28-17-7-14(22)4-5-19(17)31-21(23)24;1-3-5-4-2;2*1-3-2/h4-9,21,25-26,28H,10H2,1-3H3;3-5H,1H2,2H3;2*3H2,1-2H3/b;5-4-;;. The molecule has 0 fully saturated rings. The van der Waals surface area contributed by atoms with E-state index in [-0.39, 0.29) is 40.2 Å². The number of anilines is 2. The number of hydrogen-bond acceptors (Lipinski definition) is 7. The first-order chi connectivity index (χ1) is 19.9. The molecule has 0 aliphatic carbocycles. The van der Waals surface area contributed by atoms with Crippen LogP contribution in [-0.2, 0) is 9.53 Å². The van der Waals surface area contributed by atoms with Crippen LogP contribution in [0.5, 0.6) is 5.75 Å². The minimum atomic E-state index is -3.05. The monoisotopic (exact) mass is 606 g/mol. The third-order valence-corrected chi connectivity index (χ3v) is 4.58. The summed E-state index contributed by atoms with van der Waals surface area (Å²) in [4.78, 5) is 15.4. The summed E-state index contributed by atoms with van der Waals surface area (Å²) in [6.07, 6.45) is 10.7. The molecule has 0 saturated carbocycles. The van der Waals surface area contributed by atoms with Crippen LogP contribution < -0.4 is 10.1 Å². The molecule has 1 aromatic heterocycles. The molecule has 0 aliphatic heterocycles. The van der Waals surface area contributed by atoms with Gasteiger partial charge >= 0.3 is 12.6 Å². The molecule has 0 atom stereocenters. The molecule has 0 unspecified atom stereocenters. The lowest BCUT2D eigenvalue weighted by molar-refractivity contribution is -0.139. The Kier molecular flexibility index (Phi) is 22.8. The molecule has 2 rings (SSSR count). The van der Waals surface area contributed by atoms with Gasteiger partial charge in [-0.3, -0.25) is 15.2 Å². The van der Waals surface area contributed by atoms with Gasteiger partial charge in [-0.05, 0) is 50.6 Å². The number of rotatable bonds is 10. The van der Waals surface area contributed by atoms with E-state index in [2.05, 4.69) is 49.3 Å². The van der Waals surface area contributed by atoms with Crippen LogP contribution in [-0.4, -0.2) is 36.1 Å². The van der Waals surface area contributed by atoms with Gasteiger partial charge in [0.2, 0.25) is 0 Å². The lowest BCUT2D eigenvalue weighted by Crippen LogP contribution is -2.16. The van der Waals surface area contributed by atoms with E-state index in [9.17, 15) is 13.6 Å². The van der Waals surface area contributed by atoms with Crippen LogP contribution in [0, 0.1) is 10.8 Å². The smallest absolute Gasteiger partial charge is 0.387 e. The lowest BCUT2D eigenvalue weighted by Gasteiger charge is -2.17. The number of ether oxygens (including phenoxy) is 2. The van der Waals surface area contributed by atoms with E-state index in [1.165, 1.54) is 50.4 Å². The summed E-state index contributed by atoms with van der Waals surface area (Å²) in [5.41, 5.74) is 2.43. The summed E-state index contributed by atoms with van der Waals surface area (Å²) in [6.45, 7) is 15.4. The Morgan fingerprint density at radius 2 is 1.71 bits per heavy atom. The maximum absolute atomic E-state index is 12.8. The minimum Gasteiger partial charge on any atom is -0.459 e. The maximum Gasteiger partial charge on any atom is 0.387 e. The Labute approximate surface area is 254 Å². The molecule has 0 radical (unpaired) electrons. The third kappa shape index (κ3) is 17.1. The van der Waals surface area contributed by atoms with Gasteiger partial charge in [-0.25, -0.2) is 0 Å². The molecule has 0 bridgehead atoms. The molecule has 10 heteroatoms. The molecule has 232 valence electrons. The van der Waals surface area contributed by atoms with Crippen LogP contribution in [0.4, 0.5) is 20.2 Å². The molecule has 3 N–H and O–H groups in total. The number of aromatic nitrogens is 1. The van der Waals surface area contributed by atoms with E-state index >= 15 is 0 Å². The minimum absolute atomic E-state index is 0.115.